The third-order valence-corrected chi connectivity index (χ3v) is 3.01. The molecule has 1 fully saturated rings. The summed E-state index contributed by atoms with van der Waals surface area (Å²) in [5, 5.41) is 11.9. The molecule has 0 saturated heterocycles. The number of rotatable bonds is 6. The lowest BCUT2D eigenvalue weighted by atomic mass is 10.2. The SMILES string of the molecule is CCC(C#N)Oc1c(F)cc(CNC2CC2)cc1F. The van der Waals surface area contributed by atoms with Gasteiger partial charge in [-0.05, 0) is 37.0 Å². The molecule has 1 saturated carbocycles. The Balaban J connectivity index is 2.09. The van der Waals surface area contributed by atoms with Crippen molar-refractivity contribution in [2.75, 3.05) is 0 Å². The first-order valence-electron chi connectivity index (χ1n) is 6.41. The molecule has 0 amide bonds. The van der Waals surface area contributed by atoms with Gasteiger partial charge in [-0.1, -0.05) is 6.92 Å². The summed E-state index contributed by atoms with van der Waals surface area (Å²) in [6.45, 7) is 2.16. The van der Waals surface area contributed by atoms with E-state index in [4.69, 9.17) is 10.00 Å². The van der Waals surface area contributed by atoms with Gasteiger partial charge in [-0.2, -0.15) is 5.26 Å². The number of ether oxygens (including phenoxy) is 1. The Morgan fingerprint density at radius 3 is 2.53 bits per heavy atom. The van der Waals surface area contributed by atoms with Crippen LogP contribution >= 0.6 is 0 Å². The highest BCUT2D eigenvalue weighted by Gasteiger charge is 2.21. The first-order valence-corrected chi connectivity index (χ1v) is 6.41. The van der Waals surface area contributed by atoms with Crippen LogP contribution in [-0.4, -0.2) is 12.1 Å². The first-order chi connectivity index (χ1) is 9.13. The minimum Gasteiger partial charge on any atom is -0.469 e. The lowest BCUT2D eigenvalue weighted by Gasteiger charge is -2.13. The highest BCUT2D eigenvalue weighted by Crippen LogP contribution is 2.26. The van der Waals surface area contributed by atoms with Gasteiger partial charge in [0, 0.05) is 12.6 Å². The summed E-state index contributed by atoms with van der Waals surface area (Å²) >= 11 is 0. The maximum atomic E-state index is 13.8. The number of hydrogen-bond donors (Lipinski definition) is 1. The Labute approximate surface area is 111 Å². The van der Waals surface area contributed by atoms with E-state index >= 15 is 0 Å². The molecule has 0 spiro atoms. The quantitative estimate of drug-likeness (QED) is 0.861. The molecule has 1 unspecified atom stereocenters. The van der Waals surface area contributed by atoms with Crippen molar-refractivity contribution in [3.05, 3.63) is 29.3 Å². The predicted molar refractivity (Wildman–Crippen MR) is 66.5 cm³/mol. The third kappa shape index (κ3) is 3.65. The van der Waals surface area contributed by atoms with Gasteiger partial charge in [-0.25, -0.2) is 8.78 Å². The van der Waals surface area contributed by atoms with Gasteiger partial charge in [-0.3, -0.25) is 0 Å². The Hall–Kier alpha value is -1.67. The molecular formula is C14H16F2N2O. The monoisotopic (exact) mass is 266 g/mol. The Morgan fingerprint density at radius 2 is 2.05 bits per heavy atom. The average Bonchev–Trinajstić information content (AvgIpc) is 3.20. The van der Waals surface area contributed by atoms with Gasteiger partial charge in [0.2, 0.25) is 0 Å². The number of nitrogens with one attached hydrogen (secondary N) is 1. The summed E-state index contributed by atoms with van der Waals surface area (Å²) in [5.74, 6) is -1.99. The second kappa shape index (κ2) is 5.98. The van der Waals surface area contributed by atoms with Gasteiger partial charge in [0.1, 0.15) is 6.07 Å². The molecule has 0 bridgehead atoms. The highest BCUT2D eigenvalue weighted by molar-refractivity contribution is 5.32. The van der Waals surface area contributed by atoms with E-state index < -0.39 is 23.5 Å². The van der Waals surface area contributed by atoms with E-state index in [0.717, 1.165) is 12.8 Å². The maximum Gasteiger partial charge on any atom is 0.192 e. The van der Waals surface area contributed by atoms with Crippen LogP contribution in [0.5, 0.6) is 5.75 Å². The van der Waals surface area contributed by atoms with Gasteiger partial charge in [0.15, 0.2) is 23.5 Å². The predicted octanol–water partition coefficient (Wildman–Crippen LogP) is 2.90. The molecule has 3 nitrogen and oxygen atoms in total. The van der Waals surface area contributed by atoms with E-state index in [1.54, 1.807) is 6.92 Å². The van der Waals surface area contributed by atoms with E-state index in [9.17, 15) is 8.78 Å². The van der Waals surface area contributed by atoms with Crippen LogP contribution in [-0.2, 0) is 6.54 Å². The van der Waals surface area contributed by atoms with E-state index in [1.165, 1.54) is 12.1 Å². The molecular weight excluding hydrogens is 250 g/mol. The molecule has 5 heteroatoms. The summed E-state index contributed by atoms with van der Waals surface area (Å²) in [4.78, 5) is 0. The fourth-order valence-electron chi connectivity index (χ4n) is 1.72. The maximum absolute atomic E-state index is 13.8. The number of nitrogens with zero attached hydrogens (tertiary/aromatic N) is 1. The van der Waals surface area contributed by atoms with Crippen molar-refractivity contribution >= 4 is 0 Å². The molecule has 1 atom stereocenters. The molecule has 1 aliphatic rings. The minimum absolute atomic E-state index is 0.375. The van der Waals surface area contributed by atoms with Crippen LogP contribution in [0.2, 0.25) is 0 Å². The molecule has 1 aromatic rings. The normalized spacial score (nSPS) is 15.9. The fourth-order valence-corrected chi connectivity index (χ4v) is 1.72. The number of hydrogen-bond acceptors (Lipinski definition) is 3. The number of halogens is 2. The first kappa shape index (κ1) is 13.8. The van der Waals surface area contributed by atoms with Crippen LogP contribution in [0.3, 0.4) is 0 Å². The van der Waals surface area contributed by atoms with Gasteiger partial charge in [0.05, 0.1) is 0 Å². The molecule has 102 valence electrons. The molecule has 1 aromatic carbocycles. The molecule has 19 heavy (non-hydrogen) atoms. The smallest absolute Gasteiger partial charge is 0.192 e. The molecule has 1 aliphatic carbocycles. The van der Waals surface area contributed by atoms with Crippen molar-refractivity contribution in [3.8, 4) is 11.8 Å². The third-order valence-electron chi connectivity index (χ3n) is 3.01. The van der Waals surface area contributed by atoms with E-state index in [-0.39, 0.29) is 0 Å². The van der Waals surface area contributed by atoms with Gasteiger partial charge in [-0.15, -0.1) is 0 Å². The summed E-state index contributed by atoms with van der Waals surface area (Å²) in [6, 6.07) is 4.82. The largest absolute Gasteiger partial charge is 0.469 e. The van der Waals surface area contributed by atoms with E-state index in [0.29, 0.717) is 24.6 Å². The topological polar surface area (TPSA) is 45.0 Å². The Kier molecular flexibility index (Phi) is 4.33. The molecule has 0 heterocycles. The molecule has 1 N–H and O–H groups in total. The second-order valence-corrected chi connectivity index (χ2v) is 4.69. The zero-order chi connectivity index (χ0) is 13.8. The van der Waals surface area contributed by atoms with Crippen molar-refractivity contribution in [3.63, 3.8) is 0 Å². The lowest BCUT2D eigenvalue weighted by molar-refractivity contribution is 0.228. The van der Waals surface area contributed by atoms with Gasteiger partial charge < -0.3 is 10.1 Å². The van der Waals surface area contributed by atoms with Crippen LogP contribution in [0.1, 0.15) is 31.7 Å². The average molecular weight is 266 g/mol. The Bertz CT molecular complexity index is 472. The summed E-state index contributed by atoms with van der Waals surface area (Å²) in [7, 11) is 0. The lowest BCUT2D eigenvalue weighted by Crippen LogP contribution is -2.17. The zero-order valence-corrected chi connectivity index (χ0v) is 10.7. The van der Waals surface area contributed by atoms with Crippen molar-refractivity contribution in [2.45, 2.75) is 44.9 Å². The van der Waals surface area contributed by atoms with Crippen LogP contribution in [0.4, 0.5) is 8.78 Å². The summed E-state index contributed by atoms with van der Waals surface area (Å²) in [6.07, 6.45) is 1.78. The molecule has 0 aromatic heterocycles. The number of benzene rings is 1. The van der Waals surface area contributed by atoms with E-state index in [2.05, 4.69) is 5.32 Å². The van der Waals surface area contributed by atoms with Crippen LogP contribution in [0, 0.1) is 23.0 Å². The second-order valence-electron chi connectivity index (χ2n) is 4.69. The van der Waals surface area contributed by atoms with Crippen LogP contribution < -0.4 is 10.1 Å². The van der Waals surface area contributed by atoms with Gasteiger partial charge >= 0.3 is 0 Å². The van der Waals surface area contributed by atoms with Crippen molar-refractivity contribution in [2.24, 2.45) is 0 Å². The fraction of sp³-hybridized carbons (Fsp3) is 0.500. The molecule has 0 aliphatic heterocycles. The van der Waals surface area contributed by atoms with Crippen molar-refractivity contribution in [1.82, 2.24) is 5.32 Å². The summed E-state index contributed by atoms with van der Waals surface area (Å²) in [5.41, 5.74) is 0.541. The van der Waals surface area contributed by atoms with Crippen LogP contribution in [0.15, 0.2) is 12.1 Å². The minimum atomic E-state index is -0.834. The zero-order valence-electron chi connectivity index (χ0n) is 10.7. The van der Waals surface area contributed by atoms with E-state index in [1.807, 2.05) is 6.07 Å². The molecule has 2 rings (SSSR count). The standard InChI is InChI=1S/C14H16F2N2O/c1-2-11(7-17)19-14-12(15)5-9(6-13(14)16)8-18-10-3-4-10/h5-6,10-11,18H,2-4,8H2,1H3. The molecule has 0 radical (unpaired) electrons. The van der Waals surface area contributed by atoms with Gasteiger partial charge in [0.25, 0.3) is 0 Å². The summed E-state index contributed by atoms with van der Waals surface area (Å²) < 4.78 is 32.6. The van der Waals surface area contributed by atoms with Crippen LogP contribution in [0.25, 0.3) is 0 Å². The van der Waals surface area contributed by atoms with Crippen molar-refractivity contribution < 1.29 is 13.5 Å². The van der Waals surface area contributed by atoms with Crippen molar-refractivity contribution in [1.29, 1.82) is 5.26 Å². The Morgan fingerprint density at radius 1 is 1.42 bits per heavy atom. The number of nitriles is 1. The highest BCUT2D eigenvalue weighted by atomic mass is 19.1.